The Morgan fingerprint density at radius 3 is 2.60 bits per heavy atom. The van der Waals surface area contributed by atoms with Crippen molar-refractivity contribution in [1.82, 2.24) is 14.8 Å². The first kappa shape index (κ1) is 13.7. The third kappa shape index (κ3) is 2.27. The summed E-state index contributed by atoms with van der Waals surface area (Å²) < 4.78 is 2.17. The molecule has 0 atom stereocenters. The van der Waals surface area contributed by atoms with Gasteiger partial charge in [-0.25, -0.2) is 0 Å². The average Bonchev–Trinajstić information content (AvgIpc) is 3.02. The van der Waals surface area contributed by atoms with E-state index >= 15 is 0 Å². The van der Waals surface area contributed by atoms with E-state index in [-0.39, 0.29) is 0 Å². The molecule has 6 heteroatoms. The second kappa shape index (κ2) is 5.26. The fourth-order valence-corrected chi connectivity index (χ4v) is 3.42. The highest BCUT2D eigenvalue weighted by Crippen LogP contribution is 2.38. The van der Waals surface area contributed by atoms with E-state index in [2.05, 4.69) is 14.8 Å². The van der Waals surface area contributed by atoms with Gasteiger partial charge in [0.15, 0.2) is 5.82 Å². The Hall–Kier alpha value is -1.26. The number of hydrogen-bond donors (Lipinski definition) is 1. The van der Waals surface area contributed by atoms with Crippen LogP contribution in [0.3, 0.4) is 0 Å². The molecule has 3 rings (SSSR count). The summed E-state index contributed by atoms with van der Waals surface area (Å²) in [6.07, 6.45) is 4.79. The first-order valence-corrected chi connectivity index (χ1v) is 7.50. The number of nitrogens with zero attached hydrogens (tertiary/aromatic N) is 3. The summed E-state index contributed by atoms with van der Waals surface area (Å²) in [6.45, 7) is 1.97. The molecule has 2 N–H and O–H groups in total. The van der Waals surface area contributed by atoms with Gasteiger partial charge >= 0.3 is 0 Å². The van der Waals surface area contributed by atoms with Gasteiger partial charge in [-0.2, -0.15) is 0 Å². The van der Waals surface area contributed by atoms with Gasteiger partial charge in [0.1, 0.15) is 5.82 Å². The number of hydrogen-bond acceptors (Lipinski definition) is 3. The molecule has 2 aromatic rings. The van der Waals surface area contributed by atoms with Gasteiger partial charge in [-0.15, -0.1) is 10.2 Å². The molecular formula is C14H16Cl2N4. The fraction of sp³-hybridized carbons (Fsp3) is 0.429. The lowest BCUT2D eigenvalue weighted by Crippen LogP contribution is -2.09. The molecule has 1 saturated carbocycles. The van der Waals surface area contributed by atoms with Crippen LogP contribution in [0.15, 0.2) is 12.1 Å². The van der Waals surface area contributed by atoms with Gasteiger partial charge < -0.3 is 10.3 Å². The smallest absolute Gasteiger partial charge is 0.166 e. The van der Waals surface area contributed by atoms with Crippen LogP contribution in [0, 0.1) is 6.92 Å². The van der Waals surface area contributed by atoms with Crippen LogP contribution in [0.1, 0.15) is 37.5 Å². The van der Waals surface area contributed by atoms with Crippen molar-refractivity contribution in [3.05, 3.63) is 28.0 Å². The fourth-order valence-electron chi connectivity index (χ4n) is 2.92. The molecule has 0 radical (unpaired) electrons. The Kier molecular flexibility index (Phi) is 3.61. The zero-order chi connectivity index (χ0) is 14.3. The monoisotopic (exact) mass is 310 g/mol. The van der Waals surface area contributed by atoms with Gasteiger partial charge in [0.25, 0.3) is 0 Å². The number of anilines is 1. The minimum absolute atomic E-state index is 0.442. The molecule has 0 aliphatic heterocycles. The summed E-state index contributed by atoms with van der Waals surface area (Å²) in [5, 5.41) is 9.50. The second-order valence-electron chi connectivity index (χ2n) is 5.23. The Bertz CT molecular complexity index is 645. The zero-order valence-corrected chi connectivity index (χ0v) is 12.7. The second-order valence-corrected chi connectivity index (χ2v) is 6.07. The van der Waals surface area contributed by atoms with Crippen LogP contribution in [0.5, 0.6) is 0 Å². The van der Waals surface area contributed by atoms with Crippen molar-refractivity contribution in [3.63, 3.8) is 0 Å². The van der Waals surface area contributed by atoms with Crippen LogP contribution < -0.4 is 5.73 Å². The summed E-state index contributed by atoms with van der Waals surface area (Å²) in [6, 6.07) is 3.89. The molecule has 4 nitrogen and oxygen atoms in total. The van der Waals surface area contributed by atoms with E-state index in [0.717, 1.165) is 30.1 Å². The van der Waals surface area contributed by atoms with E-state index in [1.54, 1.807) is 12.1 Å². The number of rotatable bonds is 2. The Morgan fingerprint density at radius 1 is 1.20 bits per heavy atom. The highest BCUT2D eigenvalue weighted by atomic mass is 35.5. The van der Waals surface area contributed by atoms with Crippen LogP contribution in [0.2, 0.25) is 10.0 Å². The molecule has 20 heavy (non-hydrogen) atoms. The first-order valence-electron chi connectivity index (χ1n) is 6.74. The number of benzene rings is 1. The Labute approximate surface area is 127 Å². The maximum Gasteiger partial charge on any atom is 0.166 e. The van der Waals surface area contributed by atoms with Crippen molar-refractivity contribution >= 4 is 28.9 Å². The standard InChI is InChI=1S/C14H16Cl2N4/c1-8-18-19-14(20(8)10-4-2-3-5-10)11-6-9(15)7-12(16)13(11)17/h6-7,10H,2-5,17H2,1H3. The van der Waals surface area contributed by atoms with Crippen molar-refractivity contribution in [2.45, 2.75) is 38.6 Å². The average molecular weight is 311 g/mol. The summed E-state index contributed by atoms with van der Waals surface area (Å²) in [5.74, 6) is 1.67. The molecule has 0 spiro atoms. The highest BCUT2D eigenvalue weighted by Gasteiger charge is 2.24. The number of nitrogen functional groups attached to an aromatic ring is 1. The van der Waals surface area contributed by atoms with Gasteiger partial charge in [0, 0.05) is 16.6 Å². The Balaban J connectivity index is 2.16. The van der Waals surface area contributed by atoms with Crippen molar-refractivity contribution in [2.75, 3.05) is 5.73 Å². The zero-order valence-electron chi connectivity index (χ0n) is 11.2. The molecule has 1 heterocycles. The largest absolute Gasteiger partial charge is 0.397 e. The normalized spacial score (nSPS) is 15.9. The third-order valence-corrected chi connectivity index (χ3v) is 4.42. The van der Waals surface area contributed by atoms with Gasteiger partial charge in [-0.1, -0.05) is 36.0 Å². The van der Waals surface area contributed by atoms with Gasteiger partial charge in [0.05, 0.1) is 10.7 Å². The van der Waals surface area contributed by atoms with E-state index in [9.17, 15) is 0 Å². The lowest BCUT2D eigenvalue weighted by Gasteiger charge is -2.17. The molecule has 0 amide bonds. The van der Waals surface area contributed by atoms with Crippen molar-refractivity contribution in [3.8, 4) is 11.4 Å². The number of nitrogens with two attached hydrogens (primary N) is 1. The quantitative estimate of drug-likeness (QED) is 0.843. The van der Waals surface area contributed by atoms with E-state index in [1.807, 2.05) is 6.92 Å². The van der Waals surface area contributed by atoms with Crippen LogP contribution >= 0.6 is 23.2 Å². The topological polar surface area (TPSA) is 56.7 Å². The van der Waals surface area contributed by atoms with E-state index in [0.29, 0.717) is 21.8 Å². The molecule has 1 aliphatic rings. The summed E-state index contributed by atoms with van der Waals surface area (Å²) in [7, 11) is 0. The SMILES string of the molecule is Cc1nnc(-c2cc(Cl)cc(Cl)c2N)n1C1CCCC1. The van der Waals surface area contributed by atoms with E-state index < -0.39 is 0 Å². The minimum atomic E-state index is 0.442. The van der Waals surface area contributed by atoms with E-state index in [4.69, 9.17) is 28.9 Å². The lowest BCUT2D eigenvalue weighted by atomic mass is 10.1. The molecular weight excluding hydrogens is 295 g/mol. The van der Waals surface area contributed by atoms with Crippen molar-refractivity contribution in [2.24, 2.45) is 0 Å². The summed E-state index contributed by atoms with van der Waals surface area (Å²) >= 11 is 12.2. The van der Waals surface area contributed by atoms with Gasteiger partial charge in [-0.05, 0) is 31.9 Å². The summed E-state index contributed by atoms with van der Waals surface area (Å²) in [5.41, 5.74) is 7.35. The van der Waals surface area contributed by atoms with Crippen molar-refractivity contribution < 1.29 is 0 Å². The predicted molar refractivity (Wildman–Crippen MR) is 82.1 cm³/mol. The number of halogens is 2. The highest BCUT2D eigenvalue weighted by molar-refractivity contribution is 6.37. The molecule has 1 aromatic carbocycles. The molecule has 0 saturated heterocycles. The Morgan fingerprint density at radius 2 is 1.90 bits per heavy atom. The molecule has 0 unspecified atom stereocenters. The van der Waals surface area contributed by atoms with Crippen LogP contribution in [0.4, 0.5) is 5.69 Å². The van der Waals surface area contributed by atoms with Crippen LogP contribution in [-0.4, -0.2) is 14.8 Å². The minimum Gasteiger partial charge on any atom is -0.397 e. The van der Waals surface area contributed by atoms with Gasteiger partial charge in [-0.3, -0.25) is 0 Å². The molecule has 1 aromatic heterocycles. The molecule has 1 aliphatic carbocycles. The first-order chi connectivity index (χ1) is 9.58. The number of aryl methyl sites for hydroxylation is 1. The van der Waals surface area contributed by atoms with E-state index in [1.165, 1.54) is 12.8 Å². The van der Waals surface area contributed by atoms with Gasteiger partial charge in [0.2, 0.25) is 0 Å². The lowest BCUT2D eigenvalue weighted by molar-refractivity contribution is 0.510. The molecule has 0 bridgehead atoms. The summed E-state index contributed by atoms with van der Waals surface area (Å²) in [4.78, 5) is 0. The molecule has 1 fully saturated rings. The maximum absolute atomic E-state index is 6.12. The van der Waals surface area contributed by atoms with Crippen molar-refractivity contribution in [1.29, 1.82) is 0 Å². The van der Waals surface area contributed by atoms with Crippen LogP contribution in [0.25, 0.3) is 11.4 Å². The van der Waals surface area contributed by atoms with Crippen LogP contribution in [-0.2, 0) is 0 Å². The predicted octanol–water partition coefficient (Wildman–Crippen LogP) is 4.26. The number of aromatic nitrogens is 3. The molecule has 106 valence electrons. The third-order valence-electron chi connectivity index (χ3n) is 3.89. The maximum atomic E-state index is 6.12.